The van der Waals surface area contributed by atoms with Crippen LogP contribution >= 0.6 is 0 Å². The number of amides is 1. The molecule has 0 saturated heterocycles. The lowest BCUT2D eigenvalue weighted by Gasteiger charge is -2.10. The number of rotatable bonds is 8. The minimum Gasteiger partial charge on any atom is -0.352 e. The summed E-state index contributed by atoms with van der Waals surface area (Å²) in [6.07, 6.45) is 0.556. The van der Waals surface area contributed by atoms with Crippen LogP contribution in [0.3, 0.4) is 0 Å². The number of halogens is 1. The van der Waals surface area contributed by atoms with Crippen molar-refractivity contribution >= 4 is 15.9 Å². The molecule has 0 spiro atoms. The van der Waals surface area contributed by atoms with Gasteiger partial charge >= 0.3 is 0 Å². The number of hydrogen-bond donors (Lipinski definition) is 2. The van der Waals surface area contributed by atoms with Gasteiger partial charge in [0.1, 0.15) is 5.82 Å². The lowest BCUT2D eigenvalue weighted by atomic mass is 10.1. The number of sulfonamides is 1. The third-order valence-corrected chi connectivity index (χ3v) is 5.12. The smallest absolute Gasteiger partial charge is 0.251 e. The SMILES string of the molecule is CC(C)CNS(=O)(=O)c1cccc(C(=O)NCCc2ccc(F)cc2)c1. The number of nitrogens with one attached hydrogen (secondary N) is 2. The maximum absolute atomic E-state index is 12.9. The standard InChI is InChI=1S/C19H23FN2O3S/c1-14(2)13-22-26(24,25)18-5-3-4-16(12-18)19(23)21-11-10-15-6-8-17(20)9-7-15/h3-9,12,14,22H,10-11,13H2,1-2H3,(H,21,23). The highest BCUT2D eigenvalue weighted by Crippen LogP contribution is 2.12. The molecular formula is C19H23FN2O3S. The maximum Gasteiger partial charge on any atom is 0.251 e. The van der Waals surface area contributed by atoms with Crippen molar-refractivity contribution in [3.63, 3.8) is 0 Å². The van der Waals surface area contributed by atoms with Crippen LogP contribution in [-0.4, -0.2) is 27.4 Å². The fourth-order valence-electron chi connectivity index (χ4n) is 2.24. The second-order valence-electron chi connectivity index (χ2n) is 6.41. The Balaban J connectivity index is 1.97. The Kier molecular flexibility index (Phi) is 6.88. The third-order valence-electron chi connectivity index (χ3n) is 3.70. The summed E-state index contributed by atoms with van der Waals surface area (Å²) >= 11 is 0. The number of carbonyl (C=O) groups excluding carboxylic acids is 1. The Hall–Kier alpha value is -2.25. The molecule has 0 aromatic heterocycles. The van der Waals surface area contributed by atoms with E-state index in [0.717, 1.165) is 5.56 Å². The van der Waals surface area contributed by atoms with E-state index in [1.807, 2.05) is 13.8 Å². The van der Waals surface area contributed by atoms with Gasteiger partial charge in [0.2, 0.25) is 10.0 Å². The Labute approximate surface area is 153 Å². The summed E-state index contributed by atoms with van der Waals surface area (Å²) in [6.45, 7) is 4.52. The summed E-state index contributed by atoms with van der Waals surface area (Å²) in [5, 5.41) is 2.74. The van der Waals surface area contributed by atoms with E-state index in [0.29, 0.717) is 19.5 Å². The van der Waals surface area contributed by atoms with E-state index in [-0.39, 0.29) is 28.1 Å². The molecule has 0 aliphatic carbocycles. The van der Waals surface area contributed by atoms with Crippen molar-refractivity contribution in [2.24, 2.45) is 5.92 Å². The summed E-state index contributed by atoms with van der Waals surface area (Å²) in [6, 6.07) is 12.0. The van der Waals surface area contributed by atoms with E-state index in [4.69, 9.17) is 0 Å². The second kappa shape index (κ2) is 8.91. The second-order valence-corrected chi connectivity index (χ2v) is 8.17. The molecule has 0 aliphatic heterocycles. The zero-order chi connectivity index (χ0) is 19.2. The van der Waals surface area contributed by atoms with E-state index < -0.39 is 10.0 Å². The van der Waals surface area contributed by atoms with Crippen LogP contribution in [0.25, 0.3) is 0 Å². The van der Waals surface area contributed by atoms with Gasteiger partial charge in [-0.1, -0.05) is 32.0 Å². The van der Waals surface area contributed by atoms with Gasteiger partial charge < -0.3 is 5.32 Å². The van der Waals surface area contributed by atoms with Gasteiger partial charge in [-0.2, -0.15) is 0 Å². The molecule has 0 aliphatic rings. The van der Waals surface area contributed by atoms with Gasteiger partial charge in [0.15, 0.2) is 0 Å². The average Bonchev–Trinajstić information content (AvgIpc) is 2.62. The normalized spacial score (nSPS) is 11.5. The Bertz CT molecular complexity index is 849. The van der Waals surface area contributed by atoms with Crippen molar-refractivity contribution < 1.29 is 17.6 Å². The molecule has 0 radical (unpaired) electrons. The van der Waals surface area contributed by atoms with Gasteiger partial charge in [-0.25, -0.2) is 17.5 Å². The van der Waals surface area contributed by atoms with Crippen LogP contribution in [0.2, 0.25) is 0 Å². The van der Waals surface area contributed by atoms with Gasteiger partial charge in [0.25, 0.3) is 5.91 Å². The molecule has 2 aromatic rings. The Morgan fingerprint density at radius 2 is 1.81 bits per heavy atom. The monoisotopic (exact) mass is 378 g/mol. The summed E-state index contributed by atoms with van der Waals surface area (Å²) in [7, 11) is -3.64. The highest BCUT2D eigenvalue weighted by molar-refractivity contribution is 7.89. The largest absolute Gasteiger partial charge is 0.352 e. The van der Waals surface area contributed by atoms with E-state index in [2.05, 4.69) is 10.0 Å². The topological polar surface area (TPSA) is 75.3 Å². The lowest BCUT2D eigenvalue weighted by molar-refractivity contribution is 0.0954. The van der Waals surface area contributed by atoms with Crippen molar-refractivity contribution in [2.75, 3.05) is 13.1 Å². The van der Waals surface area contributed by atoms with Crippen molar-refractivity contribution in [1.29, 1.82) is 0 Å². The van der Waals surface area contributed by atoms with Crippen LogP contribution in [0.5, 0.6) is 0 Å². The molecule has 7 heteroatoms. The molecule has 1 amide bonds. The average molecular weight is 378 g/mol. The maximum atomic E-state index is 12.9. The molecule has 0 fully saturated rings. The number of hydrogen-bond acceptors (Lipinski definition) is 3. The first kappa shape index (κ1) is 20.1. The number of carbonyl (C=O) groups is 1. The van der Waals surface area contributed by atoms with Crippen LogP contribution in [0.1, 0.15) is 29.8 Å². The summed E-state index contributed by atoms with van der Waals surface area (Å²) < 4.78 is 39.9. The molecule has 2 aromatic carbocycles. The predicted molar refractivity (Wildman–Crippen MR) is 98.9 cm³/mol. The minimum atomic E-state index is -3.64. The van der Waals surface area contributed by atoms with E-state index in [9.17, 15) is 17.6 Å². The third kappa shape index (κ3) is 5.93. The summed E-state index contributed by atoms with van der Waals surface area (Å²) in [4.78, 5) is 12.3. The van der Waals surface area contributed by atoms with Crippen LogP contribution in [0, 0.1) is 11.7 Å². The van der Waals surface area contributed by atoms with Gasteiger partial charge in [0.05, 0.1) is 4.90 Å². The molecule has 5 nitrogen and oxygen atoms in total. The molecule has 2 N–H and O–H groups in total. The molecule has 0 atom stereocenters. The van der Waals surface area contributed by atoms with E-state index in [1.54, 1.807) is 24.3 Å². The number of benzene rings is 2. The molecule has 0 unspecified atom stereocenters. The first-order valence-corrected chi connectivity index (χ1v) is 9.88. The van der Waals surface area contributed by atoms with E-state index >= 15 is 0 Å². The van der Waals surface area contributed by atoms with Crippen LogP contribution in [-0.2, 0) is 16.4 Å². The van der Waals surface area contributed by atoms with Crippen LogP contribution in [0.4, 0.5) is 4.39 Å². The predicted octanol–water partition coefficient (Wildman–Crippen LogP) is 2.73. The fourth-order valence-corrected chi connectivity index (χ4v) is 3.50. The van der Waals surface area contributed by atoms with Crippen molar-refractivity contribution in [3.8, 4) is 0 Å². The van der Waals surface area contributed by atoms with Crippen molar-refractivity contribution in [3.05, 3.63) is 65.5 Å². The van der Waals surface area contributed by atoms with Crippen LogP contribution < -0.4 is 10.0 Å². The molecule has 0 bridgehead atoms. The first-order chi connectivity index (χ1) is 12.3. The van der Waals surface area contributed by atoms with Crippen LogP contribution in [0.15, 0.2) is 53.4 Å². The molecule has 26 heavy (non-hydrogen) atoms. The molecule has 140 valence electrons. The molecule has 2 rings (SSSR count). The van der Waals surface area contributed by atoms with Gasteiger partial charge in [-0.15, -0.1) is 0 Å². The molecular weight excluding hydrogens is 355 g/mol. The highest BCUT2D eigenvalue weighted by atomic mass is 32.2. The first-order valence-electron chi connectivity index (χ1n) is 8.40. The lowest BCUT2D eigenvalue weighted by Crippen LogP contribution is -2.28. The fraction of sp³-hybridized carbons (Fsp3) is 0.316. The summed E-state index contributed by atoms with van der Waals surface area (Å²) in [5.41, 5.74) is 1.18. The zero-order valence-corrected chi connectivity index (χ0v) is 15.6. The Morgan fingerprint density at radius 3 is 2.46 bits per heavy atom. The summed E-state index contributed by atoms with van der Waals surface area (Å²) in [5.74, 6) is -0.474. The van der Waals surface area contributed by atoms with Crippen molar-refractivity contribution in [1.82, 2.24) is 10.0 Å². The zero-order valence-electron chi connectivity index (χ0n) is 14.8. The quantitative estimate of drug-likeness (QED) is 0.742. The van der Waals surface area contributed by atoms with Gasteiger partial charge in [-0.3, -0.25) is 4.79 Å². The molecule has 0 heterocycles. The highest BCUT2D eigenvalue weighted by Gasteiger charge is 2.16. The van der Waals surface area contributed by atoms with Gasteiger partial charge in [0, 0.05) is 18.7 Å². The van der Waals surface area contributed by atoms with Gasteiger partial charge in [-0.05, 0) is 48.2 Å². The van der Waals surface area contributed by atoms with Crippen molar-refractivity contribution in [2.45, 2.75) is 25.2 Å². The Morgan fingerprint density at radius 1 is 1.12 bits per heavy atom. The van der Waals surface area contributed by atoms with E-state index in [1.165, 1.54) is 24.3 Å². The minimum absolute atomic E-state index is 0.0596. The molecule has 0 saturated carbocycles.